The molecule has 0 bridgehead atoms. The van der Waals surface area contributed by atoms with Crippen LogP contribution in [-0.2, 0) is 27.3 Å². The Kier molecular flexibility index (Phi) is 11.0. The van der Waals surface area contributed by atoms with E-state index in [1.807, 2.05) is 24.3 Å². The van der Waals surface area contributed by atoms with Crippen molar-refractivity contribution in [3.63, 3.8) is 0 Å². The van der Waals surface area contributed by atoms with Crippen molar-refractivity contribution >= 4 is 28.5 Å². The third kappa shape index (κ3) is 8.48. The highest BCUT2D eigenvalue weighted by Crippen LogP contribution is 2.28. The molecule has 1 saturated heterocycles. The Labute approximate surface area is 246 Å². The van der Waals surface area contributed by atoms with Crippen LogP contribution in [0.2, 0.25) is 5.02 Å². The van der Waals surface area contributed by atoms with Gasteiger partial charge in [-0.2, -0.15) is 0 Å². The van der Waals surface area contributed by atoms with E-state index in [0.717, 1.165) is 84.6 Å². The van der Waals surface area contributed by atoms with Gasteiger partial charge >= 0.3 is 0 Å². The Morgan fingerprint density at radius 3 is 2.39 bits per heavy atom. The van der Waals surface area contributed by atoms with Crippen LogP contribution in [0.1, 0.15) is 11.1 Å². The van der Waals surface area contributed by atoms with Crippen LogP contribution in [0, 0.1) is 0 Å². The number of nitrogens with one attached hydrogen (secondary N) is 2. The first-order chi connectivity index (χ1) is 20.2. The zero-order valence-corrected chi connectivity index (χ0v) is 24.4. The van der Waals surface area contributed by atoms with E-state index in [0.29, 0.717) is 33.0 Å². The van der Waals surface area contributed by atoms with E-state index in [2.05, 4.69) is 60.4 Å². The monoisotopic (exact) mass is 578 g/mol. The molecule has 2 N–H and O–H groups in total. The van der Waals surface area contributed by atoms with Gasteiger partial charge in [0.2, 0.25) is 0 Å². The number of fused-ring (bicyclic) bond motifs is 1. The third-order valence-corrected chi connectivity index (χ3v) is 7.69. The Bertz CT molecular complexity index is 1360. The van der Waals surface area contributed by atoms with Gasteiger partial charge in [0.05, 0.1) is 38.4 Å². The smallest absolute Gasteiger partial charge is 0.143 e. The molecule has 41 heavy (non-hydrogen) atoms. The highest BCUT2D eigenvalue weighted by atomic mass is 35.5. The Balaban J connectivity index is 1.08. The normalized spacial score (nSPS) is 14.6. The minimum atomic E-state index is 0.591. The summed E-state index contributed by atoms with van der Waals surface area (Å²) in [6.07, 6.45) is 1.58. The molecule has 1 aliphatic rings. The largest absolute Gasteiger partial charge is 0.382 e. The van der Waals surface area contributed by atoms with Crippen LogP contribution in [0.15, 0.2) is 60.9 Å². The summed E-state index contributed by atoms with van der Waals surface area (Å²) in [6.45, 7) is 10.0. The fraction of sp³-hybridized carbons (Fsp3) is 0.419. The minimum Gasteiger partial charge on any atom is -0.382 e. The summed E-state index contributed by atoms with van der Waals surface area (Å²) in [5.74, 6) is 0.784. The maximum absolute atomic E-state index is 6.32. The summed E-state index contributed by atoms with van der Waals surface area (Å²) in [4.78, 5) is 17.4. The van der Waals surface area contributed by atoms with E-state index >= 15 is 0 Å². The quantitative estimate of drug-likeness (QED) is 0.197. The number of anilines is 1. The van der Waals surface area contributed by atoms with Gasteiger partial charge in [0.15, 0.2) is 0 Å². The molecule has 2 aromatic carbocycles. The van der Waals surface area contributed by atoms with E-state index in [-0.39, 0.29) is 0 Å². The highest BCUT2D eigenvalue weighted by Gasteiger charge is 2.17. The molecule has 0 amide bonds. The van der Waals surface area contributed by atoms with Gasteiger partial charge in [-0.05, 0) is 28.8 Å². The van der Waals surface area contributed by atoms with E-state index in [9.17, 15) is 0 Å². The number of benzene rings is 2. The molecule has 4 aromatic rings. The summed E-state index contributed by atoms with van der Waals surface area (Å²) in [6, 6.07) is 18.7. The number of hydrogen-bond acceptors (Lipinski definition) is 8. The Morgan fingerprint density at radius 1 is 0.878 bits per heavy atom. The molecule has 0 aliphatic carbocycles. The van der Waals surface area contributed by atoms with Crippen LogP contribution in [0.4, 0.5) is 5.82 Å². The van der Waals surface area contributed by atoms with Crippen molar-refractivity contribution in [1.29, 1.82) is 0 Å². The molecule has 0 unspecified atom stereocenters. The number of nitrogens with zero attached hydrogens (tertiary/aromatic N) is 4. The SMILES string of the molecule is COCCOCCOCCN1CCN(Cc2ccc(-c3cc4c(NCc5ccccc5Cl)ncnc4[nH]3)cc2)CC1. The predicted molar refractivity (Wildman–Crippen MR) is 163 cm³/mol. The van der Waals surface area contributed by atoms with Crippen molar-refractivity contribution < 1.29 is 14.2 Å². The molecule has 3 heterocycles. The number of halogens is 1. The molecule has 1 fully saturated rings. The molecule has 0 spiro atoms. The number of aromatic amines is 1. The fourth-order valence-electron chi connectivity index (χ4n) is 4.93. The highest BCUT2D eigenvalue weighted by molar-refractivity contribution is 6.31. The summed E-state index contributed by atoms with van der Waals surface area (Å²) in [7, 11) is 1.68. The van der Waals surface area contributed by atoms with Crippen molar-refractivity contribution in [1.82, 2.24) is 24.8 Å². The molecule has 1 aliphatic heterocycles. The van der Waals surface area contributed by atoms with Gasteiger partial charge < -0.3 is 24.5 Å². The topological polar surface area (TPSA) is 87.8 Å². The molecule has 9 nitrogen and oxygen atoms in total. The fourth-order valence-corrected chi connectivity index (χ4v) is 5.14. The molecule has 0 saturated carbocycles. The Hall–Kier alpha value is -3.05. The van der Waals surface area contributed by atoms with Crippen LogP contribution in [0.5, 0.6) is 0 Å². The third-order valence-electron chi connectivity index (χ3n) is 7.32. The van der Waals surface area contributed by atoms with Crippen LogP contribution < -0.4 is 5.32 Å². The van der Waals surface area contributed by atoms with Gasteiger partial charge in [0.25, 0.3) is 0 Å². The average Bonchev–Trinajstić information content (AvgIpc) is 3.44. The first-order valence-corrected chi connectivity index (χ1v) is 14.6. The van der Waals surface area contributed by atoms with E-state index in [4.69, 9.17) is 25.8 Å². The zero-order valence-electron chi connectivity index (χ0n) is 23.7. The van der Waals surface area contributed by atoms with E-state index in [1.165, 1.54) is 5.56 Å². The first-order valence-electron chi connectivity index (χ1n) is 14.2. The van der Waals surface area contributed by atoms with Crippen molar-refractivity contribution in [2.75, 3.05) is 78.2 Å². The van der Waals surface area contributed by atoms with Crippen LogP contribution >= 0.6 is 11.6 Å². The summed E-state index contributed by atoms with van der Waals surface area (Å²) in [5, 5.41) is 5.11. The number of hydrogen-bond donors (Lipinski definition) is 2. The maximum atomic E-state index is 6.32. The van der Waals surface area contributed by atoms with Crippen molar-refractivity contribution in [3.8, 4) is 11.3 Å². The standard InChI is InChI=1S/C31H39ClN6O3/c1-39-16-17-41-19-18-40-15-14-37-10-12-38(13-11-37)22-24-6-8-25(9-7-24)29-20-27-30(34-23-35-31(27)36-29)33-21-26-4-2-3-5-28(26)32/h2-9,20,23H,10-19,21-22H2,1H3,(H2,33,34,35,36). The van der Waals surface area contributed by atoms with Crippen LogP contribution in [0.25, 0.3) is 22.3 Å². The molecule has 2 aromatic heterocycles. The van der Waals surface area contributed by atoms with Gasteiger partial charge in [0, 0.05) is 63.6 Å². The number of aromatic nitrogens is 3. The molecular formula is C31H39ClN6O3. The van der Waals surface area contributed by atoms with Crippen molar-refractivity contribution in [2.45, 2.75) is 13.1 Å². The lowest BCUT2D eigenvalue weighted by molar-refractivity contribution is 0.0155. The van der Waals surface area contributed by atoms with Crippen LogP contribution in [0.3, 0.4) is 0 Å². The van der Waals surface area contributed by atoms with Gasteiger partial charge in [-0.15, -0.1) is 0 Å². The van der Waals surface area contributed by atoms with Gasteiger partial charge in [-0.3, -0.25) is 9.80 Å². The summed E-state index contributed by atoms with van der Waals surface area (Å²) in [5.41, 5.74) is 5.29. The summed E-state index contributed by atoms with van der Waals surface area (Å²) >= 11 is 6.32. The second-order valence-electron chi connectivity index (χ2n) is 10.1. The lowest BCUT2D eigenvalue weighted by atomic mass is 10.1. The second-order valence-corrected chi connectivity index (χ2v) is 10.6. The lowest BCUT2D eigenvalue weighted by Crippen LogP contribution is -2.46. The van der Waals surface area contributed by atoms with Gasteiger partial charge in [0.1, 0.15) is 17.8 Å². The van der Waals surface area contributed by atoms with Crippen LogP contribution in [-0.4, -0.2) is 97.6 Å². The molecular weight excluding hydrogens is 540 g/mol. The summed E-state index contributed by atoms with van der Waals surface area (Å²) < 4.78 is 16.1. The molecule has 5 rings (SSSR count). The maximum Gasteiger partial charge on any atom is 0.143 e. The number of H-pyrrole nitrogens is 1. The predicted octanol–water partition coefficient (Wildman–Crippen LogP) is 4.69. The zero-order chi connectivity index (χ0) is 28.3. The van der Waals surface area contributed by atoms with Crippen molar-refractivity contribution in [3.05, 3.63) is 77.1 Å². The number of piperazine rings is 1. The minimum absolute atomic E-state index is 0.591. The Morgan fingerprint density at radius 2 is 1.61 bits per heavy atom. The van der Waals surface area contributed by atoms with E-state index in [1.54, 1.807) is 13.4 Å². The van der Waals surface area contributed by atoms with Gasteiger partial charge in [-0.25, -0.2) is 9.97 Å². The number of methoxy groups -OCH3 is 1. The van der Waals surface area contributed by atoms with Gasteiger partial charge in [-0.1, -0.05) is 54.1 Å². The van der Waals surface area contributed by atoms with Crippen molar-refractivity contribution in [2.24, 2.45) is 0 Å². The molecule has 10 heteroatoms. The number of ether oxygens (including phenoxy) is 3. The second kappa shape index (κ2) is 15.3. The molecule has 0 radical (unpaired) electrons. The number of rotatable bonds is 15. The first kappa shape index (κ1) is 29.4. The molecule has 218 valence electrons. The van der Waals surface area contributed by atoms with E-state index < -0.39 is 0 Å². The molecule has 0 atom stereocenters. The lowest BCUT2D eigenvalue weighted by Gasteiger charge is -2.34. The average molecular weight is 579 g/mol.